The number of likely N-dealkylation sites (tertiary alicyclic amines) is 1. The first kappa shape index (κ1) is 7.25. The van der Waals surface area contributed by atoms with Crippen molar-refractivity contribution in [1.82, 2.24) is 4.90 Å². The van der Waals surface area contributed by atoms with E-state index < -0.39 is 0 Å². The maximum absolute atomic E-state index is 11.0. The summed E-state index contributed by atoms with van der Waals surface area (Å²) in [4.78, 5) is 22.7. The topological polar surface area (TPSA) is 37.4 Å². The van der Waals surface area contributed by atoms with Crippen LogP contribution in [0.1, 0.15) is 13.3 Å². The Labute approximate surface area is 60.0 Å². The lowest BCUT2D eigenvalue weighted by atomic mass is 9.98. The third-order valence-corrected chi connectivity index (χ3v) is 1.91. The summed E-state index contributed by atoms with van der Waals surface area (Å²) in [5.41, 5.74) is 0. The molecule has 1 atom stereocenters. The van der Waals surface area contributed by atoms with Crippen molar-refractivity contribution in [2.24, 2.45) is 5.92 Å². The SMILES string of the molecule is CC1CCN(C=O)CC1=O. The fraction of sp³-hybridized carbons (Fsp3) is 0.714. The maximum Gasteiger partial charge on any atom is 0.210 e. The normalized spacial score (nSPS) is 26.7. The van der Waals surface area contributed by atoms with E-state index >= 15 is 0 Å². The number of carbonyl (C=O) groups excluding carboxylic acids is 2. The number of carbonyl (C=O) groups is 2. The third-order valence-electron chi connectivity index (χ3n) is 1.91. The molecule has 0 saturated carbocycles. The molecule has 56 valence electrons. The van der Waals surface area contributed by atoms with Crippen LogP contribution in [0.3, 0.4) is 0 Å². The van der Waals surface area contributed by atoms with E-state index in [0.717, 1.165) is 19.4 Å². The van der Waals surface area contributed by atoms with Crippen LogP contribution in [0.25, 0.3) is 0 Å². The molecule has 3 nitrogen and oxygen atoms in total. The molecular weight excluding hydrogens is 130 g/mol. The molecule has 1 saturated heterocycles. The second kappa shape index (κ2) is 2.82. The number of hydrogen-bond acceptors (Lipinski definition) is 2. The van der Waals surface area contributed by atoms with Gasteiger partial charge in [0.25, 0.3) is 0 Å². The summed E-state index contributed by atoms with van der Waals surface area (Å²) >= 11 is 0. The Kier molecular flexibility index (Phi) is 2.04. The van der Waals surface area contributed by atoms with Crippen molar-refractivity contribution in [2.45, 2.75) is 13.3 Å². The number of nitrogens with zero attached hydrogens (tertiary/aromatic N) is 1. The number of amides is 1. The van der Waals surface area contributed by atoms with Crippen LogP contribution in [0.5, 0.6) is 0 Å². The Morgan fingerprint density at radius 3 is 2.90 bits per heavy atom. The Balaban J connectivity index is 2.48. The summed E-state index contributed by atoms with van der Waals surface area (Å²) < 4.78 is 0. The van der Waals surface area contributed by atoms with Gasteiger partial charge in [-0.2, -0.15) is 0 Å². The second-order valence-electron chi connectivity index (χ2n) is 2.73. The molecule has 1 aliphatic rings. The fourth-order valence-electron chi connectivity index (χ4n) is 1.05. The highest BCUT2D eigenvalue weighted by atomic mass is 16.1. The molecule has 1 heterocycles. The van der Waals surface area contributed by atoms with Gasteiger partial charge in [0, 0.05) is 12.5 Å². The number of ketones is 1. The Morgan fingerprint density at radius 1 is 1.70 bits per heavy atom. The highest BCUT2D eigenvalue weighted by molar-refractivity contribution is 5.84. The second-order valence-corrected chi connectivity index (χ2v) is 2.73. The lowest BCUT2D eigenvalue weighted by molar-refractivity contribution is -0.132. The molecule has 0 radical (unpaired) electrons. The van der Waals surface area contributed by atoms with Crippen LogP contribution >= 0.6 is 0 Å². The predicted molar refractivity (Wildman–Crippen MR) is 36.4 cm³/mol. The predicted octanol–water partition coefficient (Wildman–Crippen LogP) is 0.0537. The van der Waals surface area contributed by atoms with E-state index in [1.54, 1.807) is 0 Å². The molecular formula is C7H11NO2. The van der Waals surface area contributed by atoms with Gasteiger partial charge in [-0.25, -0.2) is 0 Å². The largest absolute Gasteiger partial charge is 0.338 e. The average molecular weight is 141 g/mol. The summed E-state index contributed by atoms with van der Waals surface area (Å²) in [5.74, 6) is 0.328. The Hall–Kier alpha value is -0.860. The minimum atomic E-state index is 0.149. The van der Waals surface area contributed by atoms with Crippen molar-refractivity contribution in [3.63, 3.8) is 0 Å². The van der Waals surface area contributed by atoms with Gasteiger partial charge in [0.1, 0.15) is 0 Å². The average Bonchev–Trinajstić information content (AvgIpc) is 1.95. The van der Waals surface area contributed by atoms with Gasteiger partial charge in [0.05, 0.1) is 6.54 Å². The lowest BCUT2D eigenvalue weighted by Gasteiger charge is -2.25. The summed E-state index contributed by atoms with van der Waals surface area (Å²) in [5, 5.41) is 0. The van der Waals surface area contributed by atoms with Crippen molar-refractivity contribution in [3.05, 3.63) is 0 Å². The molecule has 0 aromatic heterocycles. The molecule has 1 unspecified atom stereocenters. The molecule has 3 heteroatoms. The van der Waals surface area contributed by atoms with Crippen molar-refractivity contribution in [3.8, 4) is 0 Å². The minimum absolute atomic E-state index is 0.149. The molecule has 0 aromatic carbocycles. The van der Waals surface area contributed by atoms with Gasteiger partial charge in [-0.15, -0.1) is 0 Å². The van der Waals surface area contributed by atoms with Crippen LogP contribution in [0.15, 0.2) is 0 Å². The highest BCUT2D eigenvalue weighted by Crippen LogP contribution is 2.10. The van der Waals surface area contributed by atoms with Gasteiger partial charge in [0.2, 0.25) is 6.41 Å². The van der Waals surface area contributed by atoms with Crippen LogP contribution in [-0.2, 0) is 9.59 Å². The highest BCUT2D eigenvalue weighted by Gasteiger charge is 2.21. The van der Waals surface area contributed by atoms with Crippen LogP contribution in [0.2, 0.25) is 0 Å². The standard InChI is InChI=1S/C7H11NO2/c1-6-2-3-8(5-9)4-7(6)10/h5-6H,2-4H2,1H3. The molecule has 1 rings (SSSR count). The molecule has 0 spiro atoms. The summed E-state index contributed by atoms with van der Waals surface area (Å²) in [6, 6.07) is 0. The molecule has 1 aliphatic heterocycles. The molecule has 10 heavy (non-hydrogen) atoms. The van der Waals surface area contributed by atoms with Crippen molar-refractivity contribution in [1.29, 1.82) is 0 Å². The van der Waals surface area contributed by atoms with Crippen LogP contribution in [0, 0.1) is 5.92 Å². The molecule has 0 aromatic rings. The summed E-state index contributed by atoms with van der Waals surface area (Å²) in [7, 11) is 0. The minimum Gasteiger partial charge on any atom is -0.338 e. The van der Waals surface area contributed by atoms with E-state index in [4.69, 9.17) is 0 Å². The molecule has 1 fully saturated rings. The number of hydrogen-bond donors (Lipinski definition) is 0. The number of Topliss-reactive ketones (excluding diaryl/α,β-unsaturated/α-hetero) is 1. The smallest absolute Gasteiger partial charge is 0.210 e. The zero-order chi connectivity index (χ0) is 7.56. The van der Waals surface area contributed by atoms with Crippen molar-refractivity contribution in [2.75, 3.05) is 13.1 Å². The monoisotopic (exact) mass is 141 g/mol. The molecule has 0 aliphatic carbocycles. The third kappa shape index (κ3) is 1.35. The Morgan fingerprint density at radius 2 is 2.40 bits per heavy atom. The van der Waals surface area contributed by atoms with Crippen molar-refractivity contribution < 1.29 is 9.59 Å². The van der Waals surface area contributed by atoms with Crippen LogP contribution < -0.4 is 0 Å². The first-order valence-corrected chi connectivity index (χ1v) is 3.46. The van der Waals surface area contributed by atoms with Gasteiger partial charge in [-0.1, -0.05) is 6.92 Å². The Bertz CT molecular complexity index is 156. The van der Waals surface area contributed by atoms with Gasteiger partial charge < -0.3 is 4.90 Å². The number of piperidine rings is 1. The van der Waals surface area contributed by atoms with Crippen molar-refractivity contribution >= 4 is 12.2 Å². The lowest BCUT2D eigenvalue weighted by Crippen LogP contribution is -2.38. The molecule has 1 amide bonds. The first-order chi connectivity index (χ1) is 4.74. The van der Waals surface area contributed by atoms with E-state index in [0.29, 0.717) is 6.54 Å². The zero-order valence-electron chi connectivity index (χ0n) is 6.04. The van der Waals surface area contributed by atoms with Crippen LogP contribution in [0.4, 0.5) is 0 Å². The van der Waals surface area contributed by atoms with Gasteiger partial charge in [-0.3, -0.25) is 9.59 Å². The van der Waals surface area contributed by atoms with E-state index in [1.807, 2.05) is 6.92 Å². The van der Waals surface area contributed by atoms with E-state index in [-0.39, 0.29) is 11.7 Å². The first-order valence-electron chi connectivity index (χ1n) is 3.46. The number of rotatable bonds is 1. The zero-order valence-corrected chi connectivity index (χ0v) is 6.04. The van der Waals surface area contributed by atoms with E-state index in [9.17, 15) is 9.59 Å². The van der Waals surface area contributed by atoms with E-state index in [1.165, 1.54) is 4.90 Å². The molecule has 0 N–H and O–H groups in total. The van der Waals surface area contributed by atoms with E-state index in [2.05, 4.69) is 0 Å². The quantitative estimate of drug-likeness (QED) is 0.484. The van der Waals surface area contributed by atoms with Gasteiger partial charge >= 0.3 is 0 Å². The van der Waals surface area contributed by atoms with Gasteiger partial charge in [-0.05, 0) is 6.42 Å². The van der Waals surface area contributed by atoms with Crippen LogP contribution in [-0.4, -0.2) is 30.2 Å². The maximum atomic E-state index is 11.0. The molecule has 0 bridgehead atoms. The van der Waals surface area contributed by atoms with Gasteiger partial charge in [0.15, 0.2) is 5.78 Å². The fourth-order valence-corrected chi connectivity index (χ4v) is 1.05. The summed E-state index contributed by atoms with van der Waals surface area (Å²) in [6.45, 7) is 2.95. The summed E-state index contributed by atoms with van der Waals surface area (Å²) in [6.07, 6.45) is 1.56.